The van der Waals surface area contributed by atoms with Crippen molar-refractivity contribution >= 4 is 33.5 Å². The third-order valence-electron chi connectivity index (χ3n) is 4.85. The van der Waals surface area contributed by atoms with Crippen molar-refractivity contribution < 1.29 is 45.8 Å². The topological polar surface area (TPSA) is 137 Å². The second-order valence-corrected chi connectivity index (χ2v) is 9.20. The molecule has 1 aromatic heterocycles. The van der Waals surface area contributed by atoms with E-state index in [0.29, 0.717) is 18.9 Å². The van der Waals surface area contributed by atoms with E-state index in [1.807, 2.05) is 4.90 Å². The van der Waals surface area contributed by atoms with Gasteiger partial charge in [-0.2, -0.15) is 13.2 Å². The number of hydrogen-bond acceptors (Lipinski definition) is 6. The van der Waals surface area contributed by atoms with Crippen LogP contribution in [0.1, 0.15) is 42.5 Å². The van der Waals surface area contributed by atoms with Crippen molar-refractivity contribution in [1.82, 2.24) is 4.98 Å². The molecular formula is C21H23F4N3O6S. The minimum Gasteiger partial charge on any atom is -0.478 e. The number of alkyl halides is 3. The van der Waals surface area contributed by atoms with Gasteiger partial charge in [-0.3, -0.25) is 4.72 Å². The fourth-order valence-corrected chi connectivity index (χ4v) is 4.30. The molecule has 3 rings (SSSR count). The first-order valence-corrected chi connectivity index (χ1v) is 11.9. The van der Waals surface area contributed by atoms with Crippen LogP contribution in [0.2, 0.25) is 0 Å². The van der Waals surface area contributed by atoms with Gasteiger partial charge in [0.25, 0.3) is 10.0 Å². The van der Waals surface area contributed by atoms with Gasteiger partial charge in [-0.05, 0) is 37.1 Å². The number of pyridine rings is 1. The van der Waals surface area contributed by atoms with Gasteiger partial charge in [0, 0.05) is 13.1 Å². The highest BCUT2D eigenvalue weighted by molar-refractivity contribution is 7.92. The Morgan fingerprint density at radius 1 is 1.00 bits per heavy atom. The van der Waals surface area contributed by atoms with Crippen LogP contribution in [-0.2, 0) is 14.8 Å². The van der Waals surface area contributed by atoms with E-state index in [1.54, 1.807) is 0 Å². The van der Waals surface area contributed by atoms with Crippen LogP contribution in [0.5, 0.6) is 0 Å². The van der Waals surface area contributed by atoms with Crippen LogP contribution in [0.25, 0.3) is 0 Å². The van der Waals surface area contributed by atoms with E-state index in [1.165, 1.54) is 30.8 Å². The number of hydrogen-bond donors (Lipinski definition) is 3. The lowest BCUT2D eigenvalue weighted by atomic mass is 10.1. The first kappa shape index (κ1) is 27.8. The number of anilines is 2. The Labute approximate surface area is 198 Å². The molecule has 0 saturated carbocycles. The van der Waals surface area contributed by atoms with Crippen LogP contribution in [0.15, 0.2) is 41.4 Å². The standard InChI is InChI=1S/C19H22FN3O4S.C2HF3O2/c20-14-7-6-8-16(11-14)28(26,27)22-15-12-17(19(24)25)18(21-13-15)23-9-4-2-1-3-5-10-23;3-2(4,5)1(6)7/h6-8,11-13,22H,1-5,9-10H2,(H,24,25);(H,6,7). The number of carboxylic acid groups (broad SMARTS) is 2. The Bertz CT molecular complexity index is 1150. The zero-order chi connectivity index (χ0) is 26.2. The number of rotatable bonds is 5. The molecule has 2 heterocycles. The third-order valence-corrected chi connectivity index (χ3v) is 6.23. The molecule has 0 atom stereocenters. The van der Waals surface area contributed by atoms with Gasteiger partial charge < -0.3 is 15.1 Å². The number of aromatic carboxylic acids is 1. The number of sulfonamides is 1. The predicted molar refractivity (Wildman–Crippen MR) is 117 cm³/mol. The lowest BCUT2D eigenvalue weighted by Crippen LogP contribution is -2.29. The monoisotopic (exact) mass is 521 g/mol. The molecule has 0 radical (unpaired) electrons. The van der Waals surface area contributed by atoms with Gasteiger partial charge >= 0.3 is 18.1 Å². The lowest BCUT2D eigenvalue weighted by Gasteiger charge is -2.27. The zero-order valence-electron chi connectivity index (χ0n) is 18.3. The summed E-state index contributed by atoms with van der Waals surface area (Å²) in [6.07, 6.45) is 1.46. The van der Waals surface area contributed by atoms with Crippen molar-refractivity contribution in [3.05, 3.63) is 47.9 Å². The summed E-state index contributed by atoms with van der Waals surface area (Å²) in [6.45, 7) is 1.42. The quantitative estimate of drug-likeness (QED) is 0.500. The van der Waals surface area contributed by atoms with Crippen molar-refractivity contribution in [1.29, 1.82) is 0 Å². The number of benzene rings is 1. The molecule has 192 valence electrons. The number of halogens is 4. The maximum absolute atomic E-state index is 13.3. The van der Waals surface area contributed by atoms with E-state index >= 15 is 0 Å². The van der Waals surface area contributed by atoms with Crippen molar-refractivity contribution in [2.75, 3.05) is 22.7 Å². The van der Waals surface area contributed by atoms with Crippen LogP contribution in [0.3, 0.4) is 0 Å². The summed E-state index contributed by atoms with van der Waals surface area (Å²) in [7, 11) is -4.06. The minimum atomic E-state index is -5.08. The molecule has 1 saturated heterocycles. The second kappa shape index (κ2) is 11.8. The highest BCUT2D eigenvalue weighted by atomic mass is 32.2. The Balaban J connectivity index is 0.000000540. The molecule has 9 nitrogen and oxygen atoms in total. The van der Waals surface area contributed by atoms with Crippen molar-refractivity contribution in [3.8, 4) is 0 Å². The smallest absolute Gasteiger partial charge is 0.478 e. The van der Waals surface area contributed by atoms with Gasteiger partial charge in [0.05, 0.1) is 16.8 Å². The van der Waals surface area contributed by atoms with Crippen molar-refractivity contribution in [2.45, 2.75) is 43.2 Å². The van der Waals surface area contributed by atoms with E-state index in [4.69, 9.17) is 9.90 Å². The fraction of sp³-hybridized carbons (Fsp3) is 0.381. The van der Waals surface area contributed by atoms with Gasteiger partial charge in [0.1, 0.15) is 17.2 Å². The largest absolute Gasteiger partial charge is 0.490 e. The fourth-order valence-electron chi connectivity index (χ4n) is 3.23. The predicted octanol–water partition coefficient (Wildman–Crippen LogP) is 4.12. The SMILES string of the molecule is O=C(O)C(F)(F)F.O=C(O)c1cc(NS(=O)(=O)c2cccc(F)c2)cnc1N1CCCCCCC1. The van der Waals surface area contributed by atoms with Gasteiger partial charge in [-0.25, -0.2) is 27.4 Å². The first-order chi connectivity index (χ1) is 16.3. The normalized spacial score (nSPS) is 14.7. The third kappa shape index (κ3) is 8.38. The highest BCUT2D eigenvalue weighted by Crippen LogP contribution is 2.25. The maximum atomic E-state index is 13.3. The molecule has 1 fully saturated rings. The van der Waals surface area contributed by atoms with Crippen molar-refractivity contribution in [2.24, 2.45) is 0 Å². The second-order valence-electron chi connectivity index (χ2n) is 7.52. The van der Waals surface area contributed by atoms with Gasteiger partial charge in [-0.1, -0.05) is 25.3 Å². The summed E-state index contributed by atoms with van der Waals surface area (Å²) >= 11 is 0. The number of aliphatic carboxylic acids is 1. The first-order valence-electron chi connectivity index (χ1n) is 10.4. The summed E-state index contributed by atoms with van der Waals surface area (Å²) in [6, 6.07) is 5.82. The Morgan fingerprint density at radius 3 is 2.09 bits per heavy atom. The lowest BCUT2D eigenvalue weighted by molar-refractivity contribution is -0.192. The molecule has 1 aliphatic heterocycles. The van der Waals surface area contributed by atoms with E-state index < -0.39 is 34.0 Å². The highest BCUT2D eigenvalue weighted by Gasteiger charge is 2.38. The number of nitrogens with one attached hydrogen (secondary N) is 1. The van der Waals surface area contributed by atoms with Crippen LogP contribution in [0, 0.1) is 5.82 Å². The Morgan fingerprint density at radius 2 is 1.57 bits per heavy atom. The van der Waals surface area contributed by atoms with E-state index in [9.17, 15) is 35.9 Å². The van der Waals surface area contributed by atoms with Crippen LogP contribution in [0.4, 0.5) is 29.1 Å². The van der Waals surface area contributed by atoms with Crippen LogP contribution in [-0.4, -0.2) is 54.8 Å². The van der Waals surface area contributed by atoms with E-state index in [0.717, 1.165) is 37.8 Å². The summed E-state index contributed by atoms with van der Waals surface area (Å²) in [5, 5.41) is 16.7. The summed E-state index contributed by atoms with van der Waals surface area (Å²) in [4.78, 5) is 26.6. The average Bonchev–Trinajstić information content (AvgIpc) is 2.73. The molecule has 3 N–H and O–H groups in total. The van der Waals surface area contributed by atoms with Gasteiger partial charge in [0.15, 0.2) is 0 Å². The molecule has 35 heavy (non-hydrogen) atoms. The minimum absolute atomic E-state index is 0.0115. The summed E-state index contributed by atoms with van der Waals surface area (Å²) in [5.74, 6) is -4.29. The molecule has 1 aromatic carbocycles. The molecule has 0 amide bonds. The van der Waals surface area contributed by atoms with Crippen molar-refractivity contribution in [3.63, 3.8) is 0 Å². The van der Waals surface area contributed by atoms with Crippen LogP contribution < -0.4 is 9.62 Å². The molecular weight excluding hydrogens is 498 g/mol. The molecule has 2 aromatic rings. The summed E-state index contributed by atoms with van der Waals surface area (Å²) in [5.41, 5.74) is -0.0579. The van der Waals surface area contributed by atoms with E-state index in [-0.39, 0.29) is 16.1 Å². The molecule has 14 heteroatoms. The molecule has 1 aliphatic rings. The number of carbonyl (C=O) groups is 2. The van der Waals surface area contributed by atoms with Crippen LogP contribution >= 0.6 is 0 Å². The zero-order valence-corrected chi connectivity index (χ0v) is 19.1. The molecule has 0 bridgehead atoms. The number of nitrogens with zero attached hydrogens (tertiary/aromatic N) is 2. The maximum Gasteiger partial charge on any atom is 0.490 e. The number of aromatic nitrogens is 1. The molecule has 0 spiro atoms. The Kier molecular flexibility index (Phi) is 9.40. The average molecular weight is 521 g/mol. The van der Waals surface area contributed by atoms with Gasteiger partial charge in [0.2, 0.25) is 0 Å². The number of carboxylic acids is 2. The molecule has 0 aliphatic carbocycles. The van der Waals surface area contributed by atoms with Gasteiger partial charge in [-0.15, -0.1) is 0 Å². The summed E-state index contributed by atoms with van der Waals surface area (Å²) < 4.78 is 72.2. The molecule has 0 unspecified atom stereocenters. The van der Waals surface area contributed by atoms with E-state index in [2.05, 4.69) is 9.71 Å². The Hall–Kier alpha value is -3.42.